The van der Waals surface area contributed by atoms with Crippen LogP contribution < -0.4 is 4.74 Å². The van der Waals surface area contributed by atoms with E-state index >= 15 is 0 Å². The summed E-state index contributed by atoms with van der Waals surface area (Å²) in [7, 11) is 2.17. The highest BCUT2D eigenvalue weighted by atomic mass is 32.1. The fourth-order valence-electron chi connectivity index (χ4n) is 2.43. The second-order valence-corrected chi connectivity index (χ2v) is 5.60. The molecule has 1 fully saturated rings. The Morgan fingerprint density at radius 1 is 1.42 bits per heavy atom. The molecule has 0 aliphatic carbocycles. The van der Waals surface area contributed by atoms with Gasteiger partial charge in [0, 0.05) is 12.5 Å². The monoisotopic (exact) mass is 281 g/mol. The molecular formula is C14H23N3OS. The minimum Gasteiger partial charge on any atom is -0.475 e. The highest BCUT2D eigenvalue weighted by molar-refractivity contribution is 6.99. The van der Waals surface area contributed by atoms with Crippen molar-refractivity contribution in [2.75, 3.05) is 26.7 Å². The van der Waals surface area contributed by atoms with Crippen molar-refractivity contribution in [3.63, 3.8) is 0 Å². The Morgan fingerprint density at radius 3 is 3.11 bits per heavy atom. The second kappa shape index (κ2) is 7.60. The highest BCUT2D eigenvalue weighted by Gasteiger charge is 2.25. The smallest absolute Gasteiger partial charge is 0.249 e. The lowest BCUT2D eigenvalue weighted by molar-refractivity contribution is 0.241. The average molecular weight is 281 g/mol. The quantitative estimate of drug-likeness (QED) is 0.593. The first kappa shape index (κ1) is 14.5. The summed E-state index contributed by atoms with van der Waals surface area (Å²) < 4.78 is 14.5. The predicted molar refractivity (Wildman–Crippen MR) is 78.9 cm³/mol. The van der Waals surface area contributed by atoms with Crippen molar-refractivity contribution >= 4 is 11.7 Å². The van der Waals surface area contributed by atoms with Gasteiger partial charge in [0.05, 0.1) is 18.3 Å². The van der Waals surface area contributed by atoms with Gasteiger partial charge in [-0.3, -0.25) is 0 Å². The number of hydrogen-bond acceptors (Lipinski definition) is 5. The maximum atomic E-state index is 5.78. The zero-order chi connectivity index (χ0) is 13.5. The standard InChI is InChI=1S/C14H23N3OS/c1-3-4-5-6-10-18-14-13(15-19-16-14)12-8-7-9-17(2)11-12/h4-5,12H,3,6-11H2,1-2H3/b5-4+. The molecule has 0 amide bonds. The molecule has 1 aromatic heterocycles. The van der Waals surface area contributed by atoms with E-state index in [2.05, 4.69) is 39.8 Å². The van der Waals surface area contributed by atoms with E-state index < -0.39 is 0 Å². The molecular weight excluding hydrogens is 258 g/mol. The number of nitrogens with zero attached hydrogens (tertiary/aromatic N) is 3. The van der Waals surface area contributed by atoms with E-state index in [1.54, 1.807) is 0 Å². The minimum absolute atomic E-state index is 0.485. The first-order valence-electron chi connectivity index (χ1n) is 7.10. The van der Waals surface area contributed by atoms with Gasteiger partial charge in [0.25, 0.3) is 0 Å². The van der Waals surface area contributed by atoms with Crippen LogP contribution >= 0.6 is 11.7 Å². The van der Waals surface area contributed by atoms with Crippen LogP contribution in [0.1, 0.15) is 44.2 Å². The van der Waals surface area contributed by atoms with Gasteiger partial charge in [-0.05, 0) is 39.3 Å². The fourth-order valence-corrected chi connectivity index (χ4v) is 3.01. The molecule has 19 heavy (non-hydrogen) atoms. The van der Waals surface area contributed by atoms with Crippen LogP contribution in [0.2, 0.25) is 0 Å². The van der Waals surface area contributed by atoms with E-state index in [0.717, 1.165) is 31.0 Å². The minimum atomic E-state index is 0.485. The number of aromatic nitrogens is 2. The molecule has 0 saturated carbocycles. The maximum absolute atomic E-state index is 5.78. The number of likely N-dealkylation sites (N-methyl/N-ethyl adjacent to an activating group) is 1. The number of likely N-dealkylation sites (tertiary alicyclic amines) is 1. The van der Waals surface area contributed by atoms with Gasteiger partial charge in [-0.25, -0.2) is 0 Å². The summed E-state index contributed by atoms with van der Waals surface area (Å²) in [6, 6.07) is 0. The van der Waals surface area contributed by atoms with Gasteiger partial charge in [-0.1, -0.05) is 19.1 Å². The summed E-state index contributed by atoms with van der Waals surface area (Å²) in [4.78, 5) is 2.36. The van der Waals surface area contributed by atoms with E-state index in [1.165, 1.54) is 31.1 Å². The van der Waals surface area contributed by atoms with Gasteiger partial charge in [0.15, 0.2) is 0 Å². The highest BCUT2D eigenvalue weighted by Crippen LogP contribution is 2.31. The van der Waals surface area contributed by atoms with Crippen molar-refractivity contribution < 1.29 is 4.74 Å². The van der Waals surface area contributed by atoms with E-state index in [4.69, 9.17) is 4.74 Å². The molecule has 106 valence electrons. The van der Waals surface area contributed by atoms with Crippen molar-refractivity contribution in [3.8, 4) is 5.88 Å². The predicted octanol–water partition coefficient (Wildman–Crippen LogP) is 3.08. The van der Waals surface area contributed by atoms with Gasteiger partial charge in [0.1, 0.15) is 5.69 Å². The SMILES string of the molecule is CC/C=C/CCOc1nsnc1C1CCCN(C)C1. The van der Waals surface area contributed by atoms with Crippen molar-refractivity contribution in [1.29, 1.82) is 0 Å². The zero-order valence-corrected chi connectivity index (χ0v) is 12.7. The summed E-state index contributed by atoms with van der Waals surface area (Å²) in [5, 5.41) is 0. The van der Waals surface area contributed by atoms with Crippen LogP contribution in [-0.4, -0.2) is 40.4 Å². The van der Waals surface area contributed by atoms with Crippen LogP contribution in [0.25, 0.3) is 0 Å². The molecule has 0 N–H and O–H groups in total. The number of allylic oxidation sites excluding steroid dienone is 1. The van der Waals surface area contributed by atoms with Gasteiger partial charge in [-0.15, -0.1) is 4.37 Å². The van der Waals surface area contributed by atoms with E-state index in [9.17, 15) is 0 Å². The largest absolute Gasteiger partial charge is 0.475 e. The lowest BCUT2D eigenvalue weighted by Crippen LogP contribution is -2.31. The average Bonchev–Trinajstić information content (AvgIpc) is 2.87. The molecule has 1 atom stereocenters. The number of rotatable bonds is 6. The van der Waals surface area contributed by atoms with Crippen molar-refractivity contribution in [2.45, 2.75) is 38.5 Å². The normalized spacial score (nSPS) is 21.1. The third-order valence-electron chi connectivity index (χ3n) is 3.42. The van der Waals surface area contributed by atoms with Crippen LogP contribution in [0.3, 0.4) is 0 Å². The van der Waals surface area contributed by atoms with Gasteiger partial charge in [0.2, 0.25) is 5.88 Å². The molecule has 4 nitrogen and oxygen atoms in total. The summed E-state index contributed by atoms with van der Waals surface area (Å²) in [5.41, 5.74) is 1.07. The first-order valence-corrected chi connectivity index (χ1v) is 7.83. The Balaban J connectivity index is 1.88. The fraction of sp³-hybridized carbons (Fsp3) is 0.714. The van der Waals surface area contributed by atoms with Gasteiger partial charge in [-0.2, -0.15) is 4.37 Å². The topological polar surface area (TPSA) is 38.3 Å². The van der Waals surface area contributed by atoms with Crippen molar-refractivity contribution in [3.05, 3.63) is 17.8 Å². The molecule has 0 radical (unpaired) electrons. The second-order valence-electron chi connectivity index (χ2n) is 5.07. The Kier molecular flexibility index (Phi) is 5.79. The summed E-state index contributed by atoms with van der Waals surface area (Å²) in [5.74, 6) is 1.24. The van der Waals surface area contributed by atoms with Crippen LogP contribution in [-0.2, 0) is 0 Å². The van der Waals surface area contributed by atoms with E-state index in [1.807, 2.05) is 0 Å². The Labute approximate surface area is 119 Å². The van der Waals surface area contributed by atoms with E-state index in [-0.39, 0.29) is 0 Å². The third-order valence-corrected chi connectivity index (χ3v) is 3.94. The van der Waals surface area contributed by atoms with Crippen molar-refractivity contribution in [1.82, 2.24) is 13.6 Å². The molecule has 5 heteroatoms. The zero-order valence-electron chi connectivity index (χ0n) is 11.8. The molecule has 0 bridgehead atoms. The Morgan fingerprint density at radius 2 is 2.32 bits per heavy atom. The molecule has 1 unspecified atom stereocenters. The lowest BCUT2D eigenvalue weighted by Gasteiger charge is -2.28. The van der Waals surface area contributed by atoms with Crippen LogP contribution in [0.5, 0.6) is 5.88 Å². The molecule has 1 aromatic rings. The molecule has 1 aliphatic rings. The van der Waals surface area contributed by atoms with Gasteiger partial charge < -0.3 is 9.64 Å². The summed E-state index contributed by atoms with van der Waals surface area (Å²) in [6.07, 6.45) is 8.78. The van der Waals surface area contributed by atoms with E-state index in [0.29, 0.717) is 12.5 Å². The first-order chi connectivity index (χ1) is 9.31. The molecule has 0 aromatic carbocycles. The van der Waals surface area contributed by atoms with Crippen LogP contribution in [0.4, 0.5) is 0 Å². The maximum Gasteiger partial charge on any atom is 0.249 e. The number of piperidine rings is 1. The molecule has 2 rings (SSSR count). The molecule has 1 saturated heterocycles. The molecule has 1 aliphatic heterocycles. The number of hydrogen-bond donors (Lipinski definition) is 0. The van der Waals surface area contributed by atoms with Crippen LogP contribution in [0, 0.1) is 0 Å². The Bertz CT molecular complexity index is 405. The number of ether oxygens (including phenoxy) is 1. The van der Waals surface area contributed by atoms with Crippen LogP contribution in [0.15, 0.2) is 12.2 Å². The summed E-state index contributed by atoms with van der Waals surface area (Å²) in [6.45, 7) is 5.08. The molecule has 2 heterocycles. The third kappa shape index (κ3) is 4.28. The molecule has 0 spiro atoms. The Hall–Kier alpha value is -0.940. The van der Waals surface area contributed by atoms with Crippen molar-refractivity contribution in [2.24, 2.45) is 0 Å². The lowest BCUT2D eigenvalue weighted by atomic mass is 9.95. The van der Waals surface area contributed by atoms with Gasteiger partial charge >= 0.3 is 0 Å². The summed E-state index contributed by atoms with van der Waals surface area (Å²) >= 11 is 1.27.